The Kier molecular flexibility index (Phi) is 6.29. The van der Waals surface area contributed by atoms with E-state index in [1.54, 1.807) is 36.4 Å². The lowest BCUT2D eigenvalue weighted by molar-refractivity contribution is -0.118. The summed E-state index contributed by atoms with van der Waals surface area (Å²) in [6.07, 6.45) is 0. The molecule has 0 bridgehead atoms. The zero-order valence-corrected chi connectivity index (χ0v) is 16.7. The summed E-state index contributed by atoms with van der Waals surface area (Å²) in [4.78, 5) is 24.4. The Labute approximate surface area is 170 Å². The van der Waals surface area contributed by atoms with Crippen molar-refractivity contribution in [3.05, 3.63) is 83.9 Å². The lowest BCUT2D eigenvalue weighted by Gasteiger charge is -2.13. The molecule has 3 aromatic rings. The van der Waals surface area contributed by atoms with E-state index in [1.807, 2.05) is 57.2 Å². The number of nitrogens with one attached hydrogen (secondary N) is 2. The molecule has 148 valence electrons. The Hall–Kier alpha value is -3.60. The van der Waals surface area contributed by atoms with Crippen LogP contribution in [0.15, 0.2) is 72.8 Å². The van der Waals surface area contributed by atoms with Gasteiger partial charge in [-0.3, -0.25) is 9.59 Å². The minimum absolute atomic E-state index is 0.0654. The fraction of sp³-hybridized carbons (Fsp3) is 0.167. The van der Waals surface area contributed by atoms with Gasteiger partial charge < -0.3 is 15.4 Å². The van der Waals surface area contributed by atoms with Gasteiger partial charge in [-0.05, 0) is 55.5 Å². The van der Waals surface area contributed by atoms with Gasteiger partial charge >= 0.3 is 0 Å². The summed E-state index contributed by atoms with van der Waals surface area (Å²) < 4.78 is 5.92. The third kappa shape index (κ3) is 5.45. The highest BCUT2D eigenvalue weighted by Gasteiger charge is 2.12. The number of benzene rings is 3. The number of carbonyl (C=O) groups excluding carboxylic acids is 2. The van der Waals surface area contributed by atoms with Gasteiger partial charge in [0.2, 0.25) is 5.91 Å². The number of carbonyl (C=O) groups is 2. The predicted molar refractivity (Wildman–Crippen MR) is 116 cm³/mol. The summed E-state index contributed by atoms with van der Waals surface area (Å²) in [5.74, 6) is 0.826. The molecular formula is C24H24N2O3. The molecule has 2 N–H and O–H groups in total. The molecule has 0 spiro atoms. The number of hydrogen-bond donors (Lipinski definition) is 2. The number of aryl methyl sites for hydroxylation is 1. The topological polar surface area (TPSA) is 67.4 Å². The Morgan fingerprint density at radius 1 is 0.828 bits per heavy atom. The summed E-state index contributed by atoms with van der Waals surface area (Å²) in [6.45, 7) is 5.66. The van der Waals surface area contributed by atoms with Crippen LogP contribution in [0, 0.1) is 12.8 Å². The molecule has 0 saturated heterocycles. The summed E-state index contributed by atoms with van der Waals surface area (Å²) >= 11 is 0. The Balaban J connectivity index is 1.70. The number of rotatable bonds is 6. The summed E-state index contributed by atoms with van der Waals surface area (Å²) in [7, 11) is 0. The van der Waals surface area contributed by atoms with Crippen LogP contribution in [-0.4, -0.2) is 11.8 Å². The molecule has 0 radical (unpaired) electrons. The Bertz CT molecular complexity index is 993. The van der Waals surface area contributed by atoms with Crippen LogP contribution in [0.2, 0.25) is 0 Å². The lowest BCUT2D eigenvalue weighted by atomic mass is 10.1. The maximum absolute atomic E-state index is 12.7. The molecule has 3 aromatic carbocycles. The van der Waals surface area contributed by atoms with Crippen molar-refractivity contribution < 1.29 is 14.3 Å². The monoisotopic (exact) mass is 388 g/mol. The second-order valence-electron chi connectivity index (χ2n) is 7.09. The van der Waals surface area contributed by atoms with E-state index < -0.39 is 0 Å². The molecule has 0 heterocycles. The number of anilines is 2. The van der Waals surface area contributed by atoms with E-state index in [-0.39, 0.29) is 17.7 Å². The average Bonchev–Trinajstić information content (AvgIpc) is 2.71. The van der Waals surface area contributed by atoms with Gasteiger partial charge in [-0.2, -0.15) is 0 Å². The van der Waals surface area contributed by atoms with E-state index in [0.717, 1.165) is 5.56 Å². The first kappa shape index (κ1) is 20.1. The van der Waals surface area contributed by atoms with Crippen LogP contribution in [0.3, 0.4) is 0 Å². The number of para-hydroxylation sites is 2. The average molecular weight is 388 g/mol. The van der Waals surface area contributed by atoms with E-state index in [4.69, 9.17) is 4.74 Å². The zero-order valence-electron chi connectivity index (χ0n) is 16.7. The standard InChI is InChI=1S/C24H24N2O3/c1-16(2)23(27)25-19-12-10-18(11-13-19)24(28)26-21-6-4-5-7-22(21)29-20-14-8-17(3)9-15-20/h4-16H,1-3H3,(H,25,27)(H,26,28). The van der Waals surface area contributed by atoms with Gasteiger partial charge in [0.05, 0.1) is 5.69 Å². The van der Waals surface area contributed by atoms with Crippen LogP contribution in [0.4, 0.5) is 11.4 Å². The summed E-state index contributed by atoms with van der Waals surface area (Å²) in [6, 6.07) is 21.8. The van der Waals surface area contributed by atoms with Gasteiger partial charge in [0, 0.05) is 17.2 Å². The first-order valence-corrected chi connectivity index (χ1v) is 9.48. The van der Waals surface area contributed by atoms with Crippen molar-refractivity contribution in [2.75, 3.05) is 10.6 Å². The van der Waals surface area contributed by atoms with Crippen molar-refractivity contribution in [1.82, 2.24) is 0 Å². The van der Waals surface area contributed by atoms with Crippen LogP contribution in [0.25, 0.3) is 0 Å². The molecule has 5 heteroatoms. The number of ether oxygens (including phenoxy) is 1. The van der Waals surface area contributed by atoms with Gasteiger partial charge in [0.25, 0.3) is 5.91 Å². The van der Waals surface area contributed by atoms with E-state index >= 15 is 0 Å². The summed E-state index contributed by atoms with van der Waals surface area (Å²) in [5.41, 5.74) is 2.86. The van der Waals surface area contributed by atoms with Crippen molar-refractivity contribution in [2.45, 2.75) is 20.8 Å². The fourth-order valence-electron chi connectivity index (χ4n) is 2.58. The molecule has 0 aliphatic rings. The van der Waals surface area contributed by atoms with Gasteiger partial charge in [-0.1, -0.05) is 43.7 Å². The highest BCUT2D eigenvalue weighted by atomic mass is 16.5. The van der Waals surface area contributed by atoms with Crippen molar-refractivity contribution in [2.24, 2.45) is 5.92 Å². The third-order valence-electron chi connectivity index (χ3n) is 4.32. The van der Waals surface area contributed by atoms with Crippen molar-refractivity contribution in [3.63, 3.8) is 0 Å². The molecule has 0 aromatic heterocycles. The van der Waals surface area contributed by atoms with Crippen molar-refractivity contribution >= 4 is 23.2 Å². The maximum atomic E-state index is 12.7. The highest BCUT2D eigenvalue weighted by molar-refractivity contribution is 6.05. The number of amides is 2. The largest absolute Gasteiger partial charge is 0.455 e. The smallest absolute Gasteiger partial charge is 0.255 e. The molecule has 0 unspecified atom stereocenters. The Morgan fingerprint density at radius 2 is 1.48 bits per heavy atom. The van der Waals surface area contributed by atoms with E-state index in [0.29, 0.717) is 28.4 Å². The van der Waals surface area contributed by atoms with Crippen molar-refractivity contribution in [1.29, 1.82) is 0 Å². The second-order valence-corrected chi connectivity index (χ2v) is 7.09. The molecule has 3 rings (SSSR count). The number of hydrogen-bond acceptors (Lipinski definition) is 3. The quantitative estimate of drug-likeness (QED) is 0.575. The molecule has 2 amide bonds. The molecule has 0 aliphatic carbocycles. The molecule has 5 nitrogen and oxygen atoms in total. The van der Waals surface area contributed by atoms with Crippen LogP contribution < -0.4 is 15.4 Å². The normalized spacial score (nSPS) is 10.5. The SMILES string of the molecule is Cc1ccc(Oc2ccccc2NC(=O)c2ccc(NC(=O)C(C)C)cc2)cc1. The molecule has 0 fully saturated rings. The Morgan fingerprint density at radius 3 is 2.14 bits per heavy atom. The van der Waals surface area contributed by atoms with E-state index in [1.165, 1.54) is 0 Å². The molecule has 0 saturated carbocycles. The van der Waals surface area contributed by atoms with Gasteiger partial charge in [0.15, 0.2) is 5.75 Å². The predicted octanol–water partition coefficient (Wildman–Crippen LogP) is 5.63. The van der Waals surface area contributed by atoms with Gasteiger partial charge in [-0.25, -0.2) is 0 Å². The van der Waals surface area contributed by atoms with Gasteiger partial charge in [0.1, 0.15) is 5.75 Å². The van der Waals surface area contributed by atoms with Crippen LogP contribution in [-0.2, 0) is 4.79 Å². The highest BCUT2D eigenvalue weighted by Crippen LogP contribution is 2.29. The molecule has 0 aliphatic heterocycles. The van der Waals surface area contributed by atoms with Crippen LogP contribution in [0.5, 0.6) is 11.5 Å². The molecular weight excluding hydrogens is 364 g/mol. The maximum Gasteiger partial charge on any atom is 0.255 e. The fourth-order valence-corrected chi connectivity index (χ4v) is 2.58. The lowest BCUT2D eigenvalue weighted by Crippen LogP contribution is -2.18. The minimum atomic E-state index is -0.258. The van der Waals surface area contributed by atoms with Crippen LogP contribution >= 0.6 is 0 Å². The zero-order chi connectivity index (χ0) is 20.8. The van der Waals surface area contributed by atoms with E-state index in [9.17, 15) is 9.59 Å². The van der Waals surface area contributed by atoms with E-state index in [2.05, 4.69) is 10.6 Å². The molecule has 0 atom stereocenters. The summed E-state index contributed by atoms with van der Waals surface area (Å²) in [5, 5.41) is 5.69. The minimum Gasteiger partial charge on any atom is -0.455 e. The van der Waals surface area contributed by atoms with Crippen molar-refractivity contribution in [3.8, 4) is 11.5 Å². The van der Waals surface area contributed by atoms with Gasteiger partial charge in [-0.15, -0.1) is 0 Å². The van der Waals surface area contributed by atoms with Crippen LogP contribution in [0.1, 0.15) is 29.8 Å². The first-order valence-electron chi connectivity index (χ1n) is 9.48. The first-order chi connectivity index (χ1) is 13.9. The molecule has 29 heavy (non-hydrogen) atoms. The third-order valence-corrected chi connectivity index (χ3v) is 4.32. The second kappa shape index (κ2) is 9.06.